The Morgan fingerprint density at radius 3 is 2.78 bits per heavy atom. The monoisotopic (exact) mass is 255 g/mol. The van der Waals surface area contributed by atoms with Crippen molar-refractivity contribution in [3.63, 3.8) is 0 Å². The number of rotatable bonds is 3. The first-order chi connectivity index (χ1) is 8.58. The maximum atomic E-state index is 10.9. The molecule has 1 N–H and O–H groups in total. The highest BCUT2D eigenvalue weighted by Crippen LogP contribution is 2.33. The number of carboxylic acids is 1. The van der Waals surface area contributed by atoms with Crippen molar-refractivity contribution in [1.29, 1.82) is 0 Å². The molecule has 0 aromatic carbocycles. The minimum Gasteiger partial charge on any atom is -0.481 e. The van der Waals surface area contributed by atoms with Gasteiger partial charge in [0.2, 0.25) is 0 Å². The molecular weight excluding hydrogens is 230 g/mol. The number of aliphatic carboxylic acids is 1. The highest BCUT2D eigenvalue weighted by molar-refractivity contribution is 5.67. The Kier molecular flexibility index (Phi) is 4.62. The summed E-state index contributed by atoms with van der Waals surface area (Å²) in [5, 5.41) is 8.99. The maximum absolute atomic E-state index is 10.9. The summed E-state index contributed by atoms with van der Waals surface area (Å²) < 4.78 is 5.45. The molecule has 1 heterocycles. The summed E-state index contributed by atoms with van der Waals surface area (Å²) in [6.07, 6.45) is 3.89. The van der Waals surface area contributed by atoms with Crippen LogP contribution in [0, 0.1) is 11.8 Å². The Balaban J connectivity index is 1.97. The van der Waals surface area contributed by atoms with Crippen LogP contribution in [0.1, 0.15) is 39.5 Å². The summed E-state index contributed by atoms with van der Waals surface area (Å²) in [7, 11) is 0. The van der Waals surface area contributed by atoms with Crippen molar-refractivity contribution in [3.05, 3.63) is 0 Å². The standard InChI is InChI=1S/C14H25NO3/c1-10-3-4-12(7-11(10)2)15-5-6-18-9-13(15)8-14(16)17/h10-13H,3-9H2,1-2H3,(H,16,17). The van der Waals surface area contributed by atoms with Crippen LogP contribution in [0.5, 0.6) is 0 Å². The molecule has 18 heavy (non-hydrogen) atoms. The fourth-order valence-electron chi connectivity index (χ4n) is 3.35. The van der Waals surface area contributed by atoms with Gasteiger partial charge in [-0.1, -0.05) is 13.8 Å². The molecule has 104 valence electrons. The average molecular weight is 255 g/mol. The van der Waals surface area contributed by atoms with Crippen LogP contribution in [-0.4, -0.2) is 47.8 Å². The molecule has 4 nitrogen and oxygen atoms in total. The number of hydrogen-bond donors (Lipinski definition) is 1. The van der Waals surface area contributed by atoms with Crippen LogP contribution in [0.3, 0.4) is 0 Å². The Labute approximate surface area is 109 Å². The van der Waals surface area contributed by atoms with Gasteiger partial charge in [-0.25, -0.2) is 0 Å². The van der Waals surface area contributed by atoms with E-state index in [1.54, 1.807) is 0 Å². The van der Waals surface area contributed by atoms with E-state index in [1.807, 2.05) is 0 Å². The first kappa shape index (κ1) is 13.8. The maximum Gasteiger partial charge on any atom is 0.305 e. The van der Waals surface area contributed by atoms with Crippen LogP contribution in [-0.2, 0) is 9.53 Å². The van der Waals surface area contributed by atoms with Gasteiger partial charge in [-0.05, 0) is 31.1 Å². The predicted octanol–water partition coefficient (Wildman–Crippen LogP) is 1.99. The van der Waals surface area contributed by atoms with Gasteiger partial charge < -0.3 is 9.84 Å². The Hall–Kier alpha value is -0.610. The van der Waals surface area contributed by atoms with Crippen molar-refractivity contribution in [2.45, 2.75) is 51.6 Å². The fourth-order valence-corrected chi connectivity index (χ4v) is 3.35. The van der Waals surface area contributed by atoms with E-state index in [9.17, 15) is 4.79 Å². The summed E-state index contributed by atoms with van der Waals surface area (Å²) in [5.74, 6) is 0.838. The topological polar surface area (TPSA) is 49.8 Å². The van der Waals surface area contributed by atoms with E-state index >= 15 is 0 Å². The van der Waals surface area contributed by atoms with E-state index in [1.165, 1.54) is 19.3 Å². The molecule has 1 aliphatic heterocycles. The second-order valence-electron chi connectivity index (χ2n) is 5.99. The first-order valence-electron chi connectivity index (χ1n) is 7.13. The average Bonchev–Trinajstić information content (AvgIpc) is 2.33. The van der Waals surface area contributed by atoms with Crippen molar-refractivity contribution in [2.24, 2.45) is 11.8 Å². The van der Waals surface area contributed by atoms with E-state index in [4.69, 9.17) is 9.84 Å². The number of nitrogens with zero attached hydrogens (tertiary/aromatic N) is 1. The first-order valence-corrected chi connectivity index (χ1v) is 7.13. The van der Waals surface area contributed by atoms with Crippen LogP contribution in [0.2, 0.25) is 0 Å². The van der Waals surface area contributed by atoms with Crippen LogP contribution in [0.25, 0.3) is 0 Å². The molecule has 0 radical (unpaired) electrons. The highest BCUT2D eigenvalue weighted by atomic mass is 16.5. The Morgan fingerprint density at radius 1 is 1.33 bits per heavy atom. The van der Waals surface area contributed by atoms with E-state index in [0.717, 1.165) is 25.0 Å². The van der Waals surface area contributed by atoms with E-state index in [-0.39, 0.29) is 12.5 Å². The quantitative estimate of drug-likeness (QED) is 0.838. The van der Waals surface area contributed by atoms with Gasteiger partial charge >= 0.3 is 5.97 Å². The van der Waals surface area contributed by atoms with Crippen molar-refractivity contribution >= 4 is 5.97 Å². The molecule has 4 unspecified atom stereocenters. The second kappa shape index (κ2) is 6.02. The molecule has 1 saturated carbocycles. The number of morpholine rings is 1. The summed E-state index contributed by atoms with van der Waals surface area (Å²) in [6.45, 7) is 6.87. The lowest BCUT2D eigenvalue weighted by atomic mass is 9.78. The SMILES string of the molecule is CC1CCC(N2CCOCC2CC(=O)O)CC1C. The molecule has 2 rings (SSSR count). The van der Waals surface area contributed by atoms with Gasteiger partial charge in [0.15, 0.2) is 0 Å². The molecule has 0 aromatic heterocycles. The molecule has 0 spiro atoms. The Bertz CT molecular complexity index is 295. The molecule has 2 fully saturated rings. The summed E-state index contributed by atoms with van der Waals surface area (Å²) in [5.41, 5.74) is 0. The van der Waals surface area contributed by atoms with Crippen LogP contribution in [0.4, 0.5) is 0 Å². The Morgan fingerprint density at radius 2 is 2.11 bits per heavy atom. The van der Waals surface area contributed by atoms with Crippen molar-refractivity contribution in [2.75, 3.05) is 19.8 Å². The molecule has 0 amide bonds. The molecule has 1 aliphatic carbocycles. The molecule has 1 saturated heterocycles. The van der Waals surface area contributed by atoms with Gasteiger partial charge in [-0.3, -0.25) is 9.69 Å². The summed E-state index contributed by atoms with van der Waals surface area (Å²) in [6, 6.07) is 0.631. The van der Waals surface area contributed by atoms with E-state index in [2.05, 4.69) is 18.7 Å². The largest absolute Gasteiger partial charge is 0.481 e. The number of ether oxygens (including phenoxy) is 1. The van der Waals surface area contributed by atoms with Crippen molar-refractivity contribution in [3.8, 4) is 0 Å². The predicted molar refractivity (Wildman–Crippen MR) is 69.5 cm³/mol. The molecular formula is C14H25NO3. The van der Waals surface area contributed by atoms with Crippen LogP contribution < -0.4 is 0 Å². The van der Waals surface area contributed by atoms with E-state index in [0.29, 0.717) is 12.6 Å². The normalized spacial score (nSPS) is 38.6. The molecule has 2 aliphatic rings. The number of hydrogen-bond acceptors (Lipinski definition) is 3. The zero-order chi connectivity index (χ0) is 13.1. The molecule has 4 heteroatoms. The third kappa shape index (κ3) is 3.23. The molecule has 4 atom stereocenters. The van der Waals surface area contributed by atoms with Crippen molar-refractivity contribution in [1.82, 2.24) is 4.90 Å². The lowest BCUT2D eigenvalue weighted by Crippen LogP contribution is -2.53. The summed E-state index contributed by atoms with van der Waals surface area (Å²) in [4.78, 5) is 13.3. The zero-order valence-electron chi connectivity index (χ0n) is 11.5. The highest BCUT2D eigenvalue weighted by Gasteiger charge is 2.34. The van der Waals surface area contributed by atoms with Gasteiger partial charge in [-0.2, -0.15) is 0 Å². The number of carbonyl (C=O) groups is 1. The lowest BCUT2D eigenvalue weighted by Gasteiger charge is -2.44. The van der Waals surface area contributed by atoms with E-state index < -0.39 is 5.97 Å². The van der Waals surface area contributed by atoms with Gasteiger partial charge in [0.25, 0.3) is 0 Å². The fraction of sp³-hybridized carbons (Fsp3) is 0.929. The minimum absolute atomic E-state index is 0.0712. The third-order valence-electron chi connectivity index (χ3n) is 4.72. The van der Waals surface area contributed by atoms with Gasteiger partial charge in [-0.15, -0.1) is 0 Å². The minimum atomic E-state index is -0.715. The van der Waals surface area contributed by atoms with Gasteiger partial charge in [0, 0.05) is 18.6 Å². The molecule has 0 bridgehead atoms. The third-order valence-corrected chi connectivity index (χ3v) is 4.72. The smallest absolute Gasteiger partial charge is 0.305 e. The van der Waals surface area contributed by atoms with Crippen molar-refractivity contribution < 1.29 is 14.6 Å². The number of carboxylic acid groups (broad SMARTS) is 1. The zero-order valence-corrected chi connectivity index (χ0v) is 11.5. The van der Waals surface area contributed by atoms with Gasteiger partial charge in [0.05, 0.1) is 19.6 Å². The van der Waals surface area contributed by atoms with Crippen LogP contribution >= 0.6 is 0 Å². The van der Waals surface area contributed by atoms with Crippen LogP contribution in [0.15, 0.2) is 0 Å². The lowest BCUT2D eigenvalue weighted by molar-refractivity contribution is -0.141. The second-order valence-corrected chi connectivity index (χ2v) is 5.99. The van der Waals surface area contributed by atoms with Gasteiger partial charge in [0.1, 0.15) is 0 Å². The molecule has 0 aromatic rings. The summed E-state index contributed by atoms with van der Waals surface area (Å²) >= 11 is 0.